The molecular weight excluding hydrogens is 136 g/mol. The number of hydrogen-bond acceptors (Lipinski definition) is 0. The molecule has 0 bridgehead atoms. The van der Waals surface area contributed by atoms with E-state index < -0.39 is 5.92 Å². The maximum absolute atomic E-state index is 12.2. The van der Waals surface area contributed by atoms with E-state index in [9.17, 15) is 8.78 Å². The number of rotatable bonds is 2. The summed E-state index contributed by atoms with van der Waals surface area (Å²) in [5.74, 6) is -2.16. The average Bonchev–Trinajstić information content (AvgIpc) is 1.57. The predicted molar refractivity (Wildman–Crippen MR) is 34.8 cm³/mol. The summed E-state index contributed by atoms with van der Waals surface area (Å²) in [4.78, 5) is 1.01. The van der Waals surface area contributed by atoms with Crippen molar-refractivity contribution in [2.45, 2.75) is 18.8 Å². The van der Waals surface area contributed by atoms with Crippen LogP contribution in [0.5, 0.6) is 0 Å². The van der Waals surface area contributed by atoms with Crippen molar-refractivity contribution in [1.29, 1.82) is 0 Å². The molecule has 0 aromatic carbocycles. The Bertz CT molecular complexity index is 112. The molecule has 1 fully saturated rings. The molecule has 1 unspecified atom stereocenters. The number of hydrogen-bond donors (Lipinski definition) is 1. The fourth-order valence-corrected chi connectivity index (χ4v) is 1.42. The fraction of sp³-hybridized carbons (Fsp3) is 0.857. The lowest BCUT2D eigenvalue weighted by Gasteiger charge is -2.36. The van der Waals surface area contributed by atoms with Gasteiger partial charge in [0.05, 0.1) is 6.54 Å². The van der Waals surface area contributed by atoms with Crippen LogP contribution < -0.4 is 4.90 Å². The zero-order valence-corrected chi connectivity index (χ0v) is 6.16. The molecule has 0 heterocycles. The molecule has 1 saturated carbocycles. The van der Waals surface area contributed by atoms with E-state index in [1.165, 1.54) is 0 Å². The van der Waals surface area contributed by atoms with Crippen LogP contribution in [-0.4, -0.2) is 19.5 Å². The first-order valence-electron chi connectivity index (χ1n) is 3.52. The van der Waals surface area contributed by atoms with E-state index in [1.807, 2.05) is 7.05 Å². The van der Waals surface area contributed by atoms with Gasteiger partial charge in [-0.05, 0) is 0 Å². The minimum Gasteiger partial charge on any atom is -0.470 e. The molecule has 10 heavy (non-hydrogen) atoms. The standard InChI is InChI=1S/C7H13F2N/c1-10(2)5-6-3-7(8,9)4-6/h6,10H,1,3-5H2,2H3. The Morgan fingerprint density at radius 2 is 2.10 bits per heavy atom. The van der Waals surface area contributed by atoms with Crippen LogP contribution >= 0.6 is 0 Å². The first-order chi connectivity index (χ1) is 4.49. The maximum atomic E-state index is 12.2. The largest absolute Gasteiger partial charge is 0.470 e. The third kappa shape index (κ3) is 1.90. The number of quaternary nitrogens is 1. The van der Waals surface area contributed by atoms with E-state index in [0.29, 0.717) is 0 Å². The fourth-order valence-electron chi connectivity index (χ4n) is 1.42. The summed E-state index contributed by atoms with van der Waals surface area (Å²) in [5.41, 5.74) is 0. The van der Waals surface area contributed by atoms with Crippen molar-refractivity contribution in [3.8, 4) is 0 Å². The predicted octanol–water partition coefficient (Wildman–Crippen LogP) is 0.338. The molecule has 0 saturated heterocycles. The first-order valence-corrected chi connectivity index (χ1v) is 3.52. The summed E-state index contributed by atoms with van der Waals surface area (Å²) in [6, 6.07) is 0. The molecule has 1 N–H and O–H groups in total. The molecule has 3 heteroatoms. The van der Waals surface area contributed by atoms with Crippen LogP contribution in [0.2, 0.25) is 0 Å². The second-order valence-corrected chi connectivity index (χ2v) is 3.29. The number of halogens is 2. The van der Waals surface area contributed by atoms with E-state index in [-0.39, 0.29) is 18.8 Å². The van der Waals surface area contributed by atoms with Gasteiger partial charge < -0.3 is 4.90 Å². The van der Waals surface area contributed by atoms with Crippen molar-refractivity contribution in [2.75, 3.05) is 13.6 Å². The monoisotopic (exact) mass is 149 g/mol. The Balaban J connectivity index is 2.15. The van der Waals surface area contributed by atoms with Crippen molar-refractivity contribution in [3.05, 3.63) is 7.05 Å². The molecule has 1 nitrogen and oxygen atoms in total. The SMILES string of the molecule is [CH2-][NH+](C)CC1CC(F)(F)C1. The van der Waals surface area contributed by atoms with Gasteiger partial charge in [-0.1, -0.05) is 0 Å². The van der Waals surface area contributed by atoms with E-state index in [2.05, 4.69) is 7.05 Å². The molecule has 1 aliphatic carbocycles. The van der Waals surface area contributed by atoms with Crippen LogP contribution in [-0.2, 0) is 0 Å². The van der Waals surface area contributed by atoms with E-state index >= 15 is 0 Å². The van der Waals surface area contributed by atoms with Gasteiger partial charge in [0.25, 0.3) is 0 Å². The smallest absolute Gasteiger partial charge is 0.249 e. The van der Waals surface area contributed by atoms with Crippen molar-refractivity contribution >= 4 is 0 Å². The molecule has 0 aromatic heterocycles. The van der Waals surface area contributed by atoms with E-state index in [0.717, 1.165) is 11.4 Å². The lowest BCUT2D eigenvalue weighted by Crippen LogP contribution is -3.04. The van der Waals surface area contributed by atoms with E-state index in [1.54, 1.807) is 0 Å². The van der Waals surface area contributed by atoms with Crippen LogP contribution in [0.25, 0.3) is 0 Å². The minimum absolute atomic E-state index is 0.0693. The number of alkyl halides is 2. The van der Waals surface area contributed by atoms with Gasteiger partial charge >= 0.3 is 0 Å². The van der Waals surface area contributed by atoms with Gasteiger partial charge in [-0.2, -0.15) is 7.05 Å². The molecule has 1 aliphatic rings. The normalized spacial score (nSPS) is 27.6. The number of nitrogens with one attached hydrogen (secondary N) is 1. The highest BCUT2D eigenvalue weighted by atomic mass is 19.3. The zero-order chi connectivity index (χ0) is 7.78. The summed E-state index contributed by atoms with van der Waals surface area (Å²) in [5, 5.41) is 0. The lowest BCUT2D eigenvalue weighted by molar-refractivity contribution is -0.837. The van der Waals surface area contributed by atoms with Crippen molar-refractivity contribution < 1.29 is 13.7 Å². The maximum Gasteiger partial charge on any atom is 0.249 e. The molecule has 0 spiro atoms. The van der Waals surface area contributed by atoms with Gasteiger partial charge in [-0.25, -0.2) is 8.78 Å². The first kappa shape index (κ1) is 7.92. The Kier molecular flexibility index (Phi) is 1.95. The topological polar surface area (TPSA) is 4.44 Å². The Labute approximate surface area is 60.0 Å². The Hall–Kier alpha value is -0.180. The molecule has 0 amide bonds. The molecule has 1 atom stereocenters. The lowest BCUT2D eigenvalue weighted by atomic mass is 9.81. The molecular formula is C7H13F2N. The molecule has 1 rings (SSSR count). The summed E-state index contributed by atoms with van der Waals surface area (Å²) in [6.45, 7) is 0.773. The third-order valence-corrected chi connectivity index (χ3v) is 1.81. The zero-order valence-electron chi connectivity index (χ0n) is 6.16. The summed E-state index contributed by atoms with van der Waals surface area (Å²) < 4.78 is 24.4. The average molecular weight is 149 g/mol. The minimum atomic E-state index is -2.36. The molecule has 60 valence electrons. The van der Waals surface area contributed by atoms with Gasteiger partial charge in [0.15, 0.2) is 0 Å². The summed E-state index contributed by atoms with van der Waals surface area (Å²) in [7, 11) is 5.57. The summed E-state index contributed by atoms with van der Waals surface area (Å²) in [6.07, 6.45) is 0.139. The van der Waals surface area contributed by atoms with Crippen LogP contribution in [0.15, 0.2) is 0 Å². The van der Waals surface area contributed by atoms with Gasteiger partial charge in [-0.3, -0.25) is 0 Å². The second kappa shape index (κ2) is 2.46. The van der Waals surface area contributed by atoms with Crippen LogP contribution in [0, 0.1) is 13.0 Å². The van der Waals surface area contributed by atoms with Crippen LogP contribution in [0.4, 0.5) is 8.78 Å². The highest BCUT2D eigenvalue weighted by molar-refractivity contribution is 4.85. The van der Waals surface area contributed by atoms with E-state index in [4.69, 9.17) is 0 Å². The van der Waals surface area contributed by atoms with Gasteiger partial charge in [0, 0.05) is 25.8 Å². The Morgan fingerprint density at radius 1 is 1.60 bits per heavy atom. The summed E-state index contributed by atoms with van der Waals surface area (Å²) >= 11 is 0. The van der Waals surface area contributed by atoms with Gasteiger partial charge in [0.2, 0.25) is 5.92 Å². The Morgan fingerprint density at radius 3 is 2.40 bits per heavy atom. The molecule has 0 aliphatic heterocycles. The van der Waals surface area contributed by atoms with Crippen molar-refractivity contribution in [1.82, 2.24) is 0 Å². The van der Waals surface area contributed by atoms with Crippen molar-refractivity contribution in [2.24, 2.45) is 5.92 Å². The van der Waals surface area contributed by atoms with Gasteiger partial charge in [0.1, 0.15) is 0 Å². The molecule has 0 aromatic rings. The highest BCUT2D eigenvalue weighted by Crippen LogP contribution is 2.41. The molecule has 0 radical (unpaired) electrons. The highest BCUT2D eigenvalue weighted by Gasteiger charge is 2.45. The van der Waals surface area contributed by atoms with Gasteiger partial charge in [-0.15, -0.1) is 0 Å². The quantitative estimate of drug-likeness (QED) is 0.540. The van der Waals surface area contributed by atoms with Crippen LogP contribution in [0.1, 0.15) is 12.8 Å². The van der Waals surface area contributed by atoms with Crippen molar-refractivity contribution in [3.63, 3.8) is 0 Å². The second-order valence-electron chi connectivity index (χ2n) is 3.29. The third-order valence-electron chi connectivity index (χ3n) is 1.81. The van der Waals surface area contributed by atoms with Crippen LogP contribution in [0.3, 0.4) is 0 Å².